The van der Waals surface area contributed by atoms with Crippen LogP contribution in [0.3, 0.4) is 0 Å². The number of phosphoric ester groups is 1. The number of imide groups is 1. The first-order valence-electron chi connectivity index (χ1n) is 14.5. The van der Waals surface area contributed by atoms with E-state index in [0.29, 0.717) is 42.4 Å². The van der Waals surface area contributed by atoms with Crippen molar-refractivity contribution in [2.45, 2.75) is 82.1 Å². The van der Waals surface area contributed by atoms with E-state index in [2.05, 4.69) is 0 Å². The molecule has 0 spiro atoms. The maximum atomic E-state index is 14.6. The van der Waals surface area contributed by atoms with Gasteiger partial charge in [0, 0.05) is 30.5 Å². The number of rotatable bonds is 13. The molecule has 2 aromatic rings. The summed E-state index contributed by atoms with van der Waals surface area (Å²) in [4.78, 5) is 53.9. The Morgan fingerprint density at radius 2 is 1.61 bits per heavy atom. The van der Waals surface area contributed by atoms with Crippen molar-refractivity contribution in [3.63, 3.8) is 0 Å². The number of benzene rings is 2. The fourth-order valence-electron chi connectivity index (χ4n) is 5.21. The van der Waals surface area contributed by atoms with Crippen LogP contribution in [0.5, 0.6) is 0 Å². The number of nitrogens with zero attached hydrogens (tertiary/aromatic N) is 2. The molecular weight excluding hydrogens is 604 g/mol. The van der Waals surface area contributed by atoms with Crippen molar-refractivity contribution in [2.24, 2.45) is 0 Å². The van der Waals surface area contributed by atoms with Gasteiger partial charge in [-0.2, -0.15) is 8.78 Å². The fourth-order valence-corrected chi connectivity index (χ4v) is 6.79. The maximum absolute atomic E-state index is 14.6. The van der Waals surface area contributed by atoms with Gasteiger partial charge in [0.2, 0.25) is 11.7 Å². The monoisotopic (exact) mass is 634 g/mol. The van der Waals surface area contributed by atoms with Crippen LogP contribution in [0.15, 0.2) is 42.5 Å². The molecule has 2 heterocycles. The van der Waals surface area contributed by atoms with Gasteiger partial charge in [-0.05, 0) is 80.0 Å². The summed E-state index contributed by atoms with van der Waals surface area (Å²) in [6.07, 6.45) is 1.86. The van der Waals surface area contributed by atoms with E-state index >= 15 is 0 Å². The molecule has 44 heavy (non-hydrogen) atoms. The van der Waals surface area contributed by atoms with Crippen molar-refractivity contribution in [1.29, 1.82) is 0 Å². The number of fused-ring (bicyclic) bond motifs is 1. The van der Waals surface area contributed by atoms with Gasteiger partial charge in [-0.15, -0.1) is 0 Å². The SMILES string of the molecule is O=C1CCC(N2Cc3cc(CCC(=O)C(F)(F)c4ccc(F)cc4)ccc3C2=O)C(=O)N1COP(=O)(OC1CC1)OC1CC1. The predicted molar refractivity (Wildman–Crippen MR) is 147 cm³/mol. The van der Waals surface area contributed by atoms with Gasteiger partial charge in [-0.1, -0.05) is 12.1 Å². The molecule has 1 unspecified atom stereocenters. The molecule has 14 heteroatoms. The van der Waals surface area contributed by atoms with E-state index in [1.165, 1.54) is 11.0 Å². The number of carbonyl (C=O) groups excluding carboxylic acids is 4. The largest absolute Gasteiger partial charge is 0.477 e. The molecular formula is C30H30F3N2O8P. The number of phosphoric acid groups is 1. The van der Waals surface area contributed by atoms with Crippen molar-refractivity contribution >= 4 is 31.3 Å². The van der Waals surface area contributed by atoms with Crippen molar-refractivity contribution in [1.82, 2.24) is 9.80 Å². The molecule has 3 fully saturated rings. The maximum Gasteiger partial charge on any atom is 0.477 e. The lowest BCUT2D eigenvalue weighted by molar-refractivity contribution is -0.156. The second-order valence-electron chi connectivity index (χ2n) is 11.5. The topological polar surface area (TPSA) is 120 Å². The Kier molecular flexibility index (Phi) is 8.25. The van der Waals surface area contributed by atoms with Crippen LogP contribution in [0.2, 0.25) is 0 Å². The molecule has 2 aliphatic heterocycles. The zero-order valence-electron chi connectivity index (χ0n) is 23.6. The van der Waals surface area contributed by atoms with Crippen LogP contribution in [0, 0.1) is 5.82 Å². The second kappa shape index (κ2) is 11.8. The second-order valence-corrected chi connectivity index (χ2v) is 13.0. The Balaban J connectivity index is 1.09. The number of Topliss-reactive ketones (excluding diaryl/α,β-unsaturated/α-hetero) is 1. The molecule has 1 atom stereocenters. The number of ketones is 1. The predicted octanol–water partition coefficient (Wildman–Crippen LogP) is 5.03. The number of aryl methyl sites for hydroxylation is 1. The molecule has 6 rings (SSSR count). The van der Waals surface area contributed by atoms with E-state index in [0.717, 1.165) is 29.2 Å². The quantitative estimate of drug-likeness (QED) is 0.222. The van der Waals surface area contributed by atoms with E-state index in [-0.39, 0.29) is 38.0 Å². The molecule has 0 radical (unpaired) electrons. The molecule has 1 saturated heterocycles. The van der Waals surface area contributed by atoms with Gasteiger partial charge < -0.3 is 4.90 Å². The van der Waals surface area contributed by atoms with Gasteiger partial charge in [-0.25, -0.2) is 8.96 Å². The van der Waals surface area contributed by atoms with Crippen molar-refractivity contribution < 1.29 is 50.5 Å². The molecule has 3 amide bonds. The number of hydrogen-bond acceptors (Lipinski definition) is 8. The van der Waals surface area contributed by atoms with E-state index in [9.17, 15) is 36.9 Å². The van der Waals surface area contributed by atoms with Gasteiger partial charge in [0.15, 0.2) is 0 Å². The number of piperidine rings is 1. The minimum absolute atomic E-state index is 0.0228. The lowest BCUT2D eigenvalue weighted by Crippen LogP contribution is -2.55. The summed E-state index contributed by atoms with van der Waals surface area (Å²) in [5, 5.41) is 0. The third-order valence-corrected chi connectivity index (χ3v) is 9.55. The molecule has 2 saturated carbocycles. The Morgan fingerprint density at radius 3 is 2.25 bits per heavy atom. The molecule has 234 valence electrons. The number of alkyl halides is 2. The van der Waals surface area contributed by atoms with Gasteiger partial charge in [0.1, 0.15) is 18.6 Å². The first-order chi connectivity index (χ1) is 20.9. The van der Waals surface area contributed by atoms with Crippen molar-refractivity contribution in [2.75, 3.05) is 6.73 Å². The Labute approximate surface area is 251 Å². The summed E-state index contributed by atoms with van der Waals surface area (Å²) in [5.41, 5.74) is 0.828. The van der Waals surface area contributed by atoms with Gasteiger partial charge >= 0.3 is 13.7 Å². The standard InChI is InChI=1S/C30H30F3N2O8P/c31-21-5-3-20(4-6-21)30(32,33)26(36)13-2-18-1-11-24-19(15-18)16-34(28(24)38)25-12-14-27(37)35(29(25)39)17-41-44(40,42-22-7-8-22)43-23-9-10-23/h1,3-6,11,15,22-23,25H,2,7-10,12-14,16-17H2. The first-order valence-corrected chi connectivity index (χ1v) is 15.9. The third-order valence-electron chi connectivity index (χ3n) is 8.01. The minimum atomic E-state index is -3.99. The number of amides is 3. The van der Waals surface area contributed by atoms with Crippen LogP contribution >= 0.6 is 7.82 Å². The smallest absolute Gasteiger partial charge is 0.322 e. The summed E-state index contributed by atoms with van der Waals surface area (Å²) < 4.78 is 71.8. The summed E-state index contributed by atoms with van der Waals surface area (Å²) in [5.74, 6) is -7.45. The molecule has 2 aliphatic carbocycles. The number of halogens is 3. The van der Waals surface area contributed by atoms with Crippen LogP contribution in [-0.4, -0.2) is 58.3 Å². The highest BCUT2D eigenvalue weighted by molar-refractivity contribution is 7.48. The van der Waals surface area contributed by atoms with Crippen molar-refractivity contribution in [3.05, 3.63) is 70.5 Å². The molecule has 0 N–H and O–H groups in total. The first kappa shape index (κ1) is 30.6. The summed E-state index contributed by atoms with van der Waals surface area (Å²) in [6, 6.07) is 7.22. The van der Waals surface area contributed by atoms with Crippen LogP contribution in [0.4, 0.5) is 13.2 Å². The number of hydrogen-bond donors (Lipinski definition) is 0. The number of likely N-dealkylation sites (tertiary alicyclic amines) is 1. The molecule has 0 aromatic heterocycles. The number of carbonyl (C=O) groups is 4. The molecule has 2 aromatic carbocycles. The van der Waals surface area contributed by atoms with E-state index in [4.69, 9.17) is 13.6 Å². The normalized spacial score (nSPS) is 20.8. The van der Waals surface area contributed by atoms with E-state index in [1.807, 2.05) is 0 Å². The minimum Gasteiger partial charge on any atom is -0.322 e. The van der Waals surface area contributed by atoms with Crippen LogP contribution in [0.25, 0.3) is 0 Å². The van der Waals surface area contributed by atoms with Gasteiger partial charge in [0.25, 0.3) is 11.8 Å². The average molecular weight is 635 g/mol. The van der Waals surface area contributed by atoms with Crippen LogP contribution in [0.1, 0.15) is 72.0 Å². The van der Waals surface area contributed by atoms with E-state index in [1.54, 1.807) is 12.1 Å². The van der Waals surface area contributed by atoms with Gasteiger partial charge in [0.05, 0.1) is 12.2 Å². The summed E-state index contributed by atoms with van der Waals surface area (Å²) >= 11 is 0. The highest BCUT2D eigenvalue weighted by Gasteiger charge is 2.46. The van der Waals surface area contributed by atoms with Crippen LogP contribution < -0.4 is 0 Å². The highest BCUT2D eigenvalue weighted by atomic mass is 31.2. The Hall–Kier alpha value is -3.38. The zero-order chi connectivity index (χ0) is 31.2. The fraction of sp³-hybridized carbons (Fsp3) is 0.467. The summed E-state index contributed by atoms with van der Waals surface area (Å²) in [7, 11) is -3.99. The highest BCUT2D eigenvalue weighted by Crippen LogP contribution is 2.57. The molecule has 0 bridgehead atoms. The zero-order valence-corrected chi connectivity index (χ0v) is 24.5. The Bertz CT molecular complexity index is 1530. The van der Waals surface area contributed by atoms with Crippen molar-refractivity contribution in [3.8, 4) is 0 Å². The van der Waals surface area contributed by atoms with Gasteiger partial charge in [-0.3, -0.25) is 37.6 Å². The lowest BCUT2D eigenvalue weighted by atomic mass is 9.97. The Morgan fingerprint density at radius 1 is 0.955 bits per heavy atom. The molecule has 4 aliphatic rings. The van der Waals surface area contributed by atoms with E-state index < -0.39 is 67.8 Å². The third kappa shape index (κ3) is 6.51. The molecule has 10 nitrogen and oxygen atoms in total. The summed E-state index contributed by atoms with van der Waals surface area (Å²) in [6.45, 7) is -0.602. The average Bonchev–Trinajstić information content (AvgIpc) is 3.93. The lowest BCUT2D eigenvalue weighted by Gasteiger charge is -2.35. The van der Waals surface area contributed by atoms with Crippen LogP contribution in [-0.2, 0) is 51.4 Å².